The van der Waals surface area contributed by atoms with Crippen LogP contribution in [0.1, 0.15) is 61.6 Å². The Morgan fingerprint density at radius 2 is 1.92 bits per heavy atom. The van der Waals surface area contributed by atoms with E-state index >= 15 is 0 Å². The van der Waals surface area contributed by atoms with Gasteiger partial charge in [0.15, 0.2) is 17.3 Å². The van der Waals surface area contributed by atoms with Gasteiger partial charge in [0.05, 0.1) is 35.4 Å². The minimum Gasteiger partial charge on any atom is -0.360 e. The molecule has 11 heteroatoms. The smallest absolute Gasteiger partial charge is 0.295 e. The average Bonchev–Trinajstić information content (AvgIpc) is 3.82. The molecule has 190 valence electrons. The highest BCUT2D eigenvalue weighted by Gasteiger charge is 2.33. The number of hydrogen-bond acceptors (Lipinski definition) is 10. The Morgan fingerprint density at radius 1 is 1.08 bits per heavy atom. The summed E-state index contributed by atoms with van der Waals surface area (Å²) in [6.45, 7) is 4.44. The van der Waals surface area contributed by atoms with Crippen molar-refractivity contribution in [1.82, 2.24) is 39.2 Å². The minimum atomic E-state index is -0.178. The highest BCUT2D eigenvalue weighted by atomic mass is 32.2. The fourth-order valence-corrected chi connectivity index (χ4v) is 5.18. The van der Waals surface area contributed by atoms with E-state index in [2.05, 4.69) is 41.9 Å². The van der Waals surface area contributed by atoms with Crippen molar-refractivity contribution in [2.45, 2.75) is 62.9 Å². The number of nitrogens with zero attached hydrogens (tertiary/aromatic N) is 7. The second-order valence-corrected chi connectivity index (χ2v) is 10.8. The molecule has 2 aliphatic rings. The number of aryl methyl sites for hydroxylation is 1. The molecule has 0 bridgehead atoms. The Hall–Kier alpha value is -3.44. The number of hydrogen-bond donors (Lipinski definition) is 2. The number of pyridine rings is 1. The molecule has 0 spiro atoms. The van der Waals surface area contributed by atoms with Gasteiger partial charge in [-0.25, -0.2) is 24.9 Å². The van der Waals surface area contributed by atoms with Gasteiger partial charge in [0.25, 0.3) is 5.56 Å². The Balaban J connectivity index is 1.40. The summed E-state index contributed by atoms with van der Waals surface area (Å²) in [6, 6.07) is 3.94. The highest BCUT2D eigenvalue weighted by molar-refractivity contribution is 7.97. The van der Waals surface area contributed by atoms with Crippen molar-refractivity contribution in [2.75, 3.05) is 12.4 Å². The molecule has 4 heterocycles. The largest absolute Gasteiger partial charge is 0.360 e. The summed E-state index contributed by atoms with van der Waals surface area (Å²) in [5, 5.41) is 3.21. The fourth-order valence-electron chi connectivity index (χ4n) is 4.71. The first-order chi connectivity index (χ1) is 18.0. The summed E-state index contributed by atoms with van der Waals surface area (Å²) in [5.41, 5.74) is 4.49. The van der Waals surface area contributed by atoms with Crippen molar-refractivity contribution in [3.05, 3.63) is 58.3 Å². The molecule has 4 aromatic rings. The van der Waals surface area contributed by atoms with Crippen LogP contribution in [-0.4, -0.2) is 41.5 Å². The van der Waals surface area contributed by atoms with Crippen molar-refractivity contribution in [1.29, 1.82) is 0 Å². The fraction of sp³-hybridized carbons (Fsp3) is 0.423. The third-order valence-electron chi connectivity index (χ3n) is 7.05. The maximum absolute atomic E-state index is 13.7. The zero-order valence-corrected chi connectivity index (χ0v) is 21.9. The molecule has 2 fully saturated rings. The number of nitrogens with one attached hydrogen (secondary N) is 2. The van der Waals surface area contributed by atoms with E-state index in [4.69, 9.17) is 4.98 Å². The van der Waals surface area contributed by atoms with Crippen molar-refractivity contribution < 1.29 is 0 Å². The SMILES string of the molecule is CNSc1ccc(CNc2nc3cnc(-c4c(C)ncnc4C4CC4)nc3n(C(C)C3CC3)c2=O)nc1. The van der Waals surface area contributed by atoms with E-state index in [0.29, 0.717) is 35.4 Å². The first kappa shape index (κ1) is 23.9. The molecule has 6 rings (SSSR count). The topological polar surface area (TPSA) is 123 Å². The third kappa shape index (κ3) is 4.80. The van der Waals surface area contributed by atoms with Crippen LogP contribution < -0.4 is 15.6 Å². The van der Waals surface area contributed by atoms with Crippen LogP contribution in [-0.2, 0) is 6.54 Å². The van der Waals surface area contributed by atoms with Gasteiger partial charge in [0, 0.05) is 23.1 Å². The monoisotopic (exact) mass is 515 g/mol. The van der Waals surface area contributed by atoms with E-state index in [1.807, 2.05) is 26.1 Å². The molecule has 0 aliphatic heterocycles. The van der Waals surface area contributed by atoms with Gasteiger partial charge in [-0.05, 0) is 76.6 Å². The van der Waals surface area contributed by atoms with E-state index in [1.54, 1.807) is 23.3 Å². The zero-order chi connectivity index (χ0) is 25.5. The van der Waals surface area contributed by atoms with Crippen LogP contribution in [0.2, 0.25) is 0 Å². The van der Waals surface area contributed by atoms with E-state index in [1.165, 1.54) is 11.9 Å². The standard InChI is InChI=1S/C26H29N9OS/c1-14-21(22(17-6-7-17)32-13-31-14)23-30-12-20-25(34-23)35(15(2)16-4-5-16)26(36)24(33-20)29-10-18-8-9-19(11-28-18)37-27-3/h8-9,11-13,15-17,27H,4-7,10H2,1-3H3,(H,29,33). The quantitative estimate of drug-likeness (QED) is 0.316. The summed E-state index contributed by atoms with van der Waals surface area (Å²) in [6.07, 6.45) is 9.57. The van der Waals surface area contributed by atoms with Crippen LogP contribution in [0.25, 0.3) is 22.6 Å². The van der Waals surface area contributed by atoms with Crippen molar-refractivity contribution in [3.63, 3.8) is 0 Å². The molecule has 37 heavy (non-hydrogen) atoms. The van der Waals surface area contributed by atoms with Crippen LogP contribution in [0, 0.1) is 12.8 Å². The molecular formula is C26H29N9OS. The van der Waals surface area contributed by atoms with Crippen molar-refractivity contribution in [2.24, 2.45) is 5.92 Å². The Morgan fingerprint density at radius 3 is 2.62 bits per heavy atom. The van der Waals surface area contributed by atoms with Gasteiger partial charge in [0.1, 0.15) is 11.8 Å². The van der Waals surface area contributed by atoms with Crippen LogP contribution in [0.4, 0.5) is 5.82 Å². The predicted molar refractivity (Wildman–Crippen MR) is 143 cm³/mol. The Kier molecular flexibility index (Phi) is 6.33. The van der Waals surface area contributed by atoms with Gasteiger partial charge < -0.3 is 5.32 Å². The normalized spacial score (nSPS) is 16.2. The second-order valence-electron chi connectivity index (χ2n) is 9.75. The first-order valence-electron chi connectivity index (χ1n) is 12.7. The molecule has 4 aromatic heterocycles. The van der Waals surface area contributed by atoms with Gasteiger partial charge >= 0.3 is 0 Å². The Labute approximate surface area is 218 Å². The van der Waals surface area contributed by atoms with Crippen LogP contribution >= 0.6 is 11.9 Å². The molecule has 1 atom stereocenters. The predicted octanol–water partition coefficient (Wildman–Crippen LogP) is 4.03. The van der Waals surface area contributed by atoms with Crippen LogP contribution in [0.3, 0.4) is 0 Å². The highest BCUT2D eigenvalue weighted by Crippen LogP contribution is 2.43. The first-order valence-corrected chi connectivity index (χ1v) is 13.5. The van der Waals surface area contributed by atoms with Gasteiger partial charge in [-0.3, -0.25) is 19.1 Å². The van der Waals surface area contributed by atoms with E-state index in [9.17, 15) is 4.79 Å². The lowest BCUT2D eigenvalue weighted by molar-refractivity contribution is 0.482. The lowest BCUT2D eigenvalue weighted by Gasteiger charge is -2.19. The number of aromatic nitrogens is 7. The molecular weight excluding hydrogens is 486 g/mol. The summed E-state index contributed by atoms with van der Waals surface area (Å²) in [5.74, 6) is 1.71. The molecule has 2 aliphatic carbocycles. The molecule has 10 nitrogen and oxygen atoms in total. The summed E-state index contributed by atoms with van der Waals surface area (Å²) in [7, 11) is 1.87. The lowest BCUT2D eigenvalue weighted by Crippen LogP contribution is -2.29. The lowest BCUT2D eigenvalue weighted by atomic mass is 10.1. The summed E-state index contributed by atoms with van der Waals surface area (Å²) < 4.78 is 4.83. The van der Waals surface area contributed by atoms with Crippen LogP contribution in [0.15, 0.2) is 40.5 Å². The molecule has 0 saturated heterocycles. The van der Waals surface area contributed by atoms with Gasteiger partial charge in [-0.1, -0.05) is 0 Å². The minimum absolute atomic E-state index is 0.00769. The van der Waals surface area contributed by atoms with Crippen LogP contribution in [0.5, 0.6) is 0 Å². The molecule has 0 radical (unpaired) electrons. The third-order valence-corrected chi connectivity index (χ3v) is 7.73. The van der Waals surface area contributed by atoms with Crippen molar-refractivity contribution in [3.8, 4) is 11.4 Å². The number of rotatable bonds is 9. The maximum Gasteiger partial charge on any atom is 0.295 e. The van der Waals surface area contributed by atoms with Gasteiger partial charge in [-0.2, -0.15) is 0 Å². The number of anilines is 1. The Bertz CT molecular complexity index is 1510. The van der Waals surface area contributed by atoms with E-state index < -0.39 is 0 Å². The van der Waals surface area contributed by atoms with Gasteiger partial charge in [-0.15, -0.1) is 0 Å². The molecule has 2 N–H and O–H groups in total. The van der Waals surface area contributed by atoms with Gasteiger partial charge in [0.2, 0.25) is 0 Å². The molecule has 0 aromatic carbocycles. The molecule has 0 amide bonds. The van der Waals surface area contributed by atoms with Crippen molar-refractivity contribution >= 4 is 28.9 Å². The summed E-state index contributed by atoms with van der Waals surface area (Å²) >= 11 is 1.50. The second kappa shape index (κ2) is 9.79. The summed E-state index contributed by atoms with van der Waals surface area (Å²) in [4.78, 5) is 42.4. The average molecular weight is 516 g/mol. The van der Waals surface area contributed by atoms with E-state index in [0.717, 1.165) is 53.2 Å². The molecule has 1 unspecified atom stereocenters. The molecule has 2 saturated carbocycles. The van der Waals surface area contributed by atoms with E-state index in [-0.39, 0.29) is 17.4 Å². The maximum atomic E-state index is 13.7. The number of fused-ring (bicyclic) bond motifs is 1. The zero-order valence-electron chi connectivity index (χ0n) is 21.1.